The van der Waals surface area contributed by atoms with Crippen molar-refractivity contribution in [3.05, 3.63) is 189 Å². The van der Waals surface area contributed by atoms with Crippen LogP contribution >= 0.6 is 0 Å². The standard InChI is InChI=1S/C58H57N5O.Pt/c1-35-18-20-47-42(26-35)34-57(11)58(47,12)61-53(63(57)52-38(4)24-36(2)25-39(52)5)41-29-40(50-17-13-14-22-59-50)30-46(31-41)64-45-28-37(3)27-44(33-45)62-51-21-19-43(55(6,7)8)32-49(51)56(9,10)48-16-15-23-60-54(48)62;/h13-30,32H,34H2,1-12H3;/q-2;+2/t57-,58+;/m0./s1. The van der Waals surface area contributed by atoms with Crippen LogP contribution in [0.2, 0.25) is 0 Å². The number of aliphatic imine (C=N–C) groups is 1. The number of amidine groups is 1. The molecule has 0 fully saturated rings. The first-order chi connectivity index (χ1) is 30.4. The van der Waals surface area contributed by atoms with Gasteiger partial charge in [0, 0.05) is 46.2 Å². The summed E-state index contributed by atoms with van der Waals surface area (Å²) in [6, 6.07) is 44.5. The Morgan fingerprint density at radius 2 is 1.38 bits per heavy atom. The van der Waals surface area contributed by atoms with Crippen LogP contribution in [0.15, 0.2) is 121 Å². The molecule has 5 aromatic carbocycles. The van der Waals surface area contributed by atoms with Gasteiger partial charge in [0.15, 0.2) is 0 Å². The van der Waals surface area contributed by atoms with Gasteiger partial charge in [-0.1, -0.05) is 131 Å². The van der Waals surface area contributed by atoms with Crippen LogP contribution in [0.4, 0.5) is 22.9 Å². The molecule has 6 nitrogen and oxygen atoms in total. The SMILES string of the molecule is Cc1cc(Oc2[c-]c(C3=N[C@]4(C)c5ccc(C)cc5C[C@]4(C)N3c3c(C)cc(C)cc3C)cc(-c3ccccn3)c2)[c-]c(N2c3ccc(C(C)(C)C)cc3C(C)(C)c3cccnc32)c1.[Pt+2]. The Balaban J connectivity index is 0.00000533. The first-order valence-corrected chi connectivity index (χ1v) is 22.6. The molecule has 2 atom stereocenters. The van der Waals surface area contributed by atoms with Crippen molar-refractivity contribution in [2.75, 3.05) is 9.80 Å². The number of hydrogen-bond acceptors (Lipinski definition) is 6. The van der Waals surface area contributed by atoms with Crippen molar-refractivity contribution < 1.29 is 25.8 Å². The molecule has 7 heteroatoms. The van der Waals surface area contributed by atoms with Crippen molar-refractivity contribution in [2.45, 2.75) is 111 Å². The third kappa shape index (κ3) is 7.15. The smallest absolute Gasteiger partial charge is 0.503 e. The molecule has 0 unspecified atom stereocenters. The molecule has 4 heterocycles. The number of aryl methyl sites for hydroxylation is 5. The van der Waals surface area contributed by atoms with Gasteiger partial charge in [0.05, 0.1) is 22.6 Å². The van der Waals surface area contributed by atoms with Crippen LogP contribution in [-0.4, -0.2) is 21.3 Å². The summed E-state index contributed by atoms with van der Waals surface area (Å²) in [7, 11) is 0. The minimum Gasteiger partial charge on any atom is -0.503 e. The van der Waals surface area contributed by atoms with Gasteiger partial charge in [0.2, 0.25) is 0 Å². The fourth-order valence-electron chi connectivity index (χ4n) is 10.8. The van der Waals surface area contributed by atoms with Crippen LogP contribution in [0.3, 0.4) is 0 Å². The first-order valence-electron chi connectivity index (χ1n) is 22.6. The summed E-state index contributed by atoms with van der Waals surface area (Å²) in [5.41, 5.74) is 16.9. The van der Waals surface area contributed by atoms with Crippen molar-refractivity contribution in [3.63, 3.8) is 0 Å². The summed E-state index contributed by atoms with van der Waals surface area (Å²) in [6.45, 7) is 27.0. The first kappa shape index (κ1) is 44.4. The molecule has 1 aliphatic carbocycles. The Hall–Kier alpha value is -5.84. The van der Waals surface area contributed by atoms with Gasteiger partial charge in [-0.3, -0.25) is 4.98 Å². The second-order valence-electron chi connectivity index (χ2n) is 20.4. The van der Waals surface area contributed by atoms with Crippen LogP contribution in [0, 0.1) is 46.8 Å². The molecule has 7 aromatic rings. The van der Waals surface area contributed by atoms with Crippen molar-refractivity contribution in [1.29, 1.82) is 0 Å². The predicted octanol–water partition coefficient (Wildman–Crippen LogP) is 14.0. The molecule has 0 radical (unpaired) electrons. The molecule has 0 saturated carbocycles. The van der Waals surface area contributed by atoms with Crippen LogP contribution < -0.4 is 14.5 Å². The number of anilines is 4. The summed E-state index contributed by atoms with van der Waals surface area (Å²) in [5, 5.41) is 0. The fourth-order valence-corrected chi connectivity index (χ4v) is 10.8. The van der Waals surface area contributed by atoms with E-state index < -0.39 is 11.1 Å². The number of aromatic nitrogens is 2. The molecule has 330 valence electrons. The van der Waals surface area contributed by atoms with E-state index in [4.69, 9.17) is 19.7 Å². The average Bonchev–Trinajstić information content (AvgIpc) is 3.59. The summed E-state index contributed by atoms with van der Waals surface area (Å²) in [4.78, 5) is 20.4. The molecule has 3 aliphatic rings. The zero-order valence-electron chi connectivity index (χ0n) is 39.6. The monoisotopic (exact) mass is 1030 g/mol. The Bertz CT molecular complexity index is 3050. The number of pyridine rings is 2. The van der Waals surface area contributed by atoms with E-state index in [0.29, 0.717) is 11.5 Å². The van der Waals surface area contributed by atoms with Gasteiger partial charge < -0.3 is 19.5 Å². The van der Waals surface area contributed by atoms with E-state index in [0.717, 1.165) is 57.4 Å². The van der Waals surface area contributed by atoms with Crippen molar-refractivity contribution in [3.8, 4) is 22.8 Å². The molecule has 0 amide bonds. The van der Waals surface area contributed by atoms with E-state index in [2.05, 4.69) is 172 Å². The minimum atomic E-state index is -0.526. The van der Waals surface area contributed by atoms with Crippen LogP contribution in [0.25, 0.3) is 11.3 Å². The summed E-state index contributed by atoms with van der Waals surface area (Å²) >= 11 is 0. The summed E-state index contributed by atoms with van der Waals surface area (Å²) in [6.07, 6.45) is 4.58. The number of hydrogen-bond donors (Lipinski definition) is 0. The van der Waals surface area contributed by atoms with Gasteiger partial charge in [0.25, 0.3) is 0 Å². The van der Waals surface area contributed by atoms with Crippen LogP contribution in [-0.2, 0) is 43.9 Å². The van der Waals surface area contributed by atoms with E-state index in [1.165, 1.54) is 50.2 Å². The Kier molecular flexibility index (Phi) is 10.7. The van der Waals surface area contributed by atoms with Gasteiger partial charge in [-0.2, -0.15) is 5.56 Å². The average molecular weight is 1040 g/mol. The topological polar surface area (TPSA) is 53.9 Å². The number of rotatable bonds is 6. The quantitative estimate of drug-likeness (QED) is 0.155. The molecule has 65 heavy (non-hydrogen) atoms. The largest absolute Gasteiger partial charge is 2.00 e. The molecular weight excluding hydrogens is 978 g/mol. The van der Waals surface area contributed by atoms with Gasteiger partial charge >= 0.3 is 21.1 Å². The van der Waals surface area contributed by atoms with Crippen LogP contribution in [0.1, 0.15) is 110 Å². The van der Waals surface area contributed by atoms with Crippen molar-refractivity contribution in [1.82, 2.24) is 9.97 Å². The maximum atomic E-state index is 6.99. The van der Waals surface area contributed by atoms with E-state index in [1.54, 1.807) is 0 Å². The minimum absolute atomic E-state index is 0. The summed E-state index contributed by atoms with van der Waals surface area (Å²) in [5.74, 6) is 2.91. The molecule has 10 rings (SSSR count). The maximum absolute atomic E-state index is 6.99. The third-order valence-electron chi connectivity index (χ3n) is 14.2. The third-order valence-corrected chi connectivity index (χ3v) is 14.2. The number of nitrogens with zero attached hydrogens (tertiary/aromatic N) is 5. The number of fused-ring (bicyclic) bond motifs is 5. The molecule has 0 N–H and O–H groups in total. The Morgan fingerprint density at radius 1 is 0.662 bits per heavy atom. The zero-order valence-corrected chi connectivity index (χ0v) is 41.9. The van der Waals surface area contributed by atoms with Gasteiger partial charge in [-0.15, -0.1) is 29.8 Å². The van der Waals surface area contributed by atoms with Gasteiger partial charge in [0.1, 0.15) is 5.82 Å². The van der Waals surface area contributed by atoms with Crippen molar-refractivity contribution in [2.24, 2.45) is 4.99 Å². The van der Waals surface area contributed by atoms with E-state index in [9.17, 15) is 0 Å². The molecule has 0 saturated heterocycles. The number of benzene rings is 5. The van der Waals surface area contributed by atoms with Gasteiger partial charge in [-0.05, 0) is 111 Å². The summed E-state index contributed by atoms with van der Waals surface area (Å²) < 4.78 is 6.99. The molecular formula is C58H57N5OPt. The second kappa shape index (κ2) is 15.7. The zero-order chi connectivity index (χ0) is 45.1. The molecule has 2 aromatic heterocycles. The van der Waals surface area contributed by atoms with E-state index in [1.807, 2.05) is 48.8 Å². The second-order valence-corrected chi connectivity index (χ2v) is 20.4. The van der Waals surface area contributed by atoms with Gasteiger partial charge in [-0.25, -0.2) is 4.98 Å². The number of ether oxygens (including phenoxy) is 1. The molecule has 0 bridgehead atoms. The Labute approximate surface area is 400 Å². The maximum Gasteiger partial charge on any atom is 2.00 e. The Morgan fingerprint density at radius 3 is 2.11 bits per heavy atom. The normalized spacial score (nSPS) is 19.2. The van der Waals surface area contributed by atoms with E-state index >= 15 is 0 Å². The van der Waals surface area contributed by atoms with Crippen LogP contribution in [0.5, 0.6) is 11.5 Å². The molecule has 0 spiro atoms. The predicted molar refractivity (Wildman–Crippen MR) is 262 cm³/mol. The van der Waals surface area contributed by atoms with Crippen molar-refractivity contribution >= 4 is 28.7 Å². The fraction of sp³-hybridized carbons (Fsp3) is 0.293. The molecule has 2 aliphatic heterocycles. The van der Waals surface area contributed by atoms with E-state index in [-0.39, 0.29) is 31.9 Å².